The number of nitrogens with one attached hydrogen (secondary N) is 2. The number of ether oxygens (including phenoxy) is 2. The van der Waals surface area contributed by atoms with Gasteiger partial charge >= 0.3 is 0 Å². The average Bonchev–Trinajstić information content (AvgIpc) is 2.72. The second-order valence-corrected chi connectivity index (χ2v) is 6.10. The largest absolute Gasteiger partial charge is 0.496 e. The van der Waals surface area contributed by atoms with Crippen molar-refractivity contribution < 1.29 is 14.3 Å². The number of hydrogen-bond donors (Lipinski definition) is 2. The molecule has 1 aliphatic heterocycles. The first-order valence-corrected chi connectivity index (χ1v) is 8.74. The van der Waals surface area contributed by atoms with E-state index < -0.39 is 0 Å². The molecule has 1 heterocycles. The van der Waals surface area contributed by atoms with E-state index in [0.29, 0.717) is 13.1 Å². The molecule has 1 fully saturated rings. The fourth-order valence-electron chi connectivity index (χ4n) is 3.29. The Labute approximate surface area is 178 Å². The first-order chi connectivity index (χ1) is 12.7. The van der Waals surface area contributed by atoms with Crippen LogP contribution in [-0.4, -0.2) is 51.2 Å². The molecule has 154 valence electrons. The van der Waals surface area contributed by atoms with Gasteiger partial charge in [-0.1, -0.05) is 30.3 Å². The van der Waals surface area contributed by atoms with Crippen molar-refractivity contribution in [1.29, 1.82) is 0 Å². The molecule has 1 saturated heterocycles. The van der Waals surface area contributed by atoms with Crippen LogP contribution in [0.2, 0.25) is 0 Å². The minimum Gasteiger partial charge on any atom is -0.496 e. The molecule has 6 nitrogen and oxygen atoms in total. The van der Waals surface area contributed by atoms with Crippen LogP contribution in [0.25, 0.3) is 0 Å². The van der Waals surface area contributed by atoms with Crippen LogP contribution in [0, 0.1) is 0 Å². The predicted octanol–water partition coefficient (Wildman–Crippen LogP) is 3.13. The van der Waals surface area contributed by atoms with Crippen LogP contribution >= 0.6 is 24.8 Å². The van der Waals surface area contributed by atoms with E-state index in [1.165, 1.54) is 0 Å². The molecular formula is C20H27Cl2N3O3. The van der Waals surface area contributed by atoms with Crippen molar-refractivity contribution in [3.05, 3.63) is 54.1 Å². The molecule has 2 aromatic rings. The molecule has 0 radical (unpaired) electrons. The monoisotopic (exact) mass is 427 g/mol. The Morgan fingerprint density at radius 2 is 1.71 bits per heavy atom. The van der Waals surface area contributed by atoms with E-state index in [9.17, 15) is 4.79 Å². The maximum Gasteiger partial charge on any atom is 0.242 e. The van der Waals surface area contributed by atoms with Crippen LogP contribution in [0.4, 0.5) is 5.69 Å². The summed E-state index contributed by atoms with van der Waals surface area (Å²) < 4.78 is 10.8. The number of carbonyl (C=O) groups excluding carboxylic acids is 1. The molecule has 28 heavy (non-hydrogen) atoms. The summed E-state index contributed by atoms with van der Waals surface area (Å²) >= 11 is 0. The van der Waals surface area contributed by atoms with Crippen molar-refractivity contribution in [2.75, 3.05) is 45.7 Å². The fourth-order valence-corrected chi connectivity index (χ4v) is 3.29. The SMILES string of the molecule is COc1ccccc1NCC(=O)N1CCNCC1c1ccccc1OC.Cl.Cl. The third-order valence-electron chi connectivity index (χ3n) is 4.60. The predicted molar refractivity (Wildman–Crippen MR) is 116 cm³/mol. The minimum absolute atomic E-state index is 0. The molecule has 0 saturated carbocycles. The number of anilines is 1. The van der Waals surface area contributed by atoms with Gasteiger partial charge in [0.25, 0.3) is 0 Å². The van der Waals surface area contributed by atoms with Crippen LogP contribution in [0.3, 0.4) is 0 Å². The lowest BCUT2D eigenvalue weighted by atomic mass is 10.0. The summed E-state index contributed by atoms with van der Waals surface area (Å²) in [7, 11) is 3.28. The highest BCUT2D eigenvalue weighted by molar-refractivity contribution is 5.85. The van der Waals surface area contributed by atoms with Crippen LogP contribution in [0.5, 0.6) is 11.5 Å². The molecule has 0 aliphatic carbocycles. The van der Waals surface area contributed by atoms with Gasteiger partial charge in [-0.15, -0.1) is 24.8 Å². The Hall–Kier alpha value is -2.15. The number of methoxy groups -OCH3 is 2. The summed E-state index contributed by atoms with van der Waals surface area (Å²) in [5.41, 5.74) is 1.83. The van der Waals surface area contributed by atoms with Gasteiger partial charge in [0.2, 0.25) is 5.91 Å². The summed E-state index contributed by atoms with van der Waals surface area (Å²) in [6.45, 7) is 2.37. The number of rotatable bonds is 6. The highest BCUT2D eigenvalue weighted by Gasteiger charge is 2.29. The van der Waals surface area contributed by atoms with Gasteiger partial charge in [0.15, 0.2) is 0 Å². The molecule has 0 spiro atoms. The van der Waals surface area contributed by atoms with Crippen LogP contribution in [0.1, 0.15) is 11.6 Å². The van der Waals surface area contributed by atoms with Crippen molar-refractivity contribution in [1.82, 2.24) is 10.2 Å². The van der Waals surface area contributed by atoms with Gasteiger partial charge in [0.1, 0.15) is 11.5 Å². The highest BCUT2D eigenvalue weighted by Crippen LogP contribution is 2.30. The second-order valence-electron chi connectivity index (χ2n) is 6.10. The highest BCUT2D eigenvalue weighted by atomic mass is 35.5. The first-order valence-electron chi connectivity index (χ1n) is 8.74. The second kappa shape index (κ2) is 11.6. The Balaban J connectivity index is 0.00000196. The number of para-hydroxylation sites is 3. The van der Waals surface area contributed by atoms with E-state index in [0.717, 1.165) is 29.3 Å². The van der Waals surface area contributed by atoms with Gasteiger partial charge in [-0.25, -0.2) is 0 Å². The molecule has 0 bridgehead atoms. The molecule has 0 aromatic heterocycles. The Bertz CT molecular complexity index is 761. The fraction of sp³-hybridized carbons (Fsp3) is 0.350. The molecular weight excluding hydrogens is 401 g/mol. The number of hydrogen-bond acceptors (Lipinski definition) is 5. The zero-order valence-electron chi connectivity index (χ0n) is 16.0. The molecule has 1 unspecified atom stereocenters. The van der Waals surface area contributed by atoms with Crippen molar-refractivity contribution in [3.8, 4) is 11.5 Å². The Morgan fingerprint density at radius 1 is 1.07 bits per heavy atom. The van der Waals surface area contributed by atoms with E-state index in [2.05, 4.69) is 10.6 Å². The average molecular weight is 428 g/mol. The molecule has 8 heteroatoms. The summed E-state index contributed by atoms with van der Waals surface area (Å²) in [5.74, 6) is 1.58. The smallest absolute Gasteiger partial charge is 0.242 e. The van der Waals surface area contributed by atoms with Gasteiger partial charge in [-0.3, -0.25) is 4.79 Å². The van der Waals surface area contributed by atoms with E-state index in [-0.39, 0.29) is 43.3 Å². The number of amides is 1. The zero-order valence-corrected chi connectivity index (χ0v) is 17.6. The number of piperazine rings is 1. The van der Waals surface area contributed by atoms with Crippen molar-refractivity contribution in [3.63, 3.8) is 0 Å². The third-order valence-corrected chi connectivity index (χ3v) is 4.60. The van der Waals surface area contributed by atoms with Crippen molar-refractivity contribution in [2.24, 2.45) is 0 Å². The summed E-state index contributed by atoms with van der Waals surface area (Å²) in [6, 6.07) is 15.4. The number of benzene rings is 2. The van der Waals surface area contributed by atoms with Gasteiger partial charge in [0.05, 0.1) is 32.5 Å². The summed E-state index contributed by atoms with van der Waals surface area (Å²) in [6.07, 6.45) is 0. The van der Waals surface area contributed by atoms with E-state index in [1.54, 1.807) is 14.2 Å². The normalized spacial score (nSPS) is 15.6. The lowest BCUT2D eigenvalue weighted by molar-refractivity contribution is -0.132. The molecule has 1 amide bonds. The Kier molecular flexibility index (Phi) is 9.93. The number of halogens is 2. The van der Waals surface area contributed by atoms with Gasteiger partial charge in [-0.05, 0) is 18.2 Å². The Morgan fingerprint density at radius 3 is 2.43 bits per heavy atom. The van der Waals surface area contributed by atoms with Gasteiger partial charge < -0.3 is 25.0 Å². The van der Waals surface area contributed by atoms with E-state index in [1.807, 2.05) is 53.4 Å². The summed E-state index contributed by atoms with van der Waals surface area (Å²) in [4.78, 5) is 14.8. The first kappa shape index (κ1) is 23.9. The molecule has 2 aromatic carbocycles. The van der Waals surface area contributed by atoms with E-state index >= 15 is 0 Å². The number of carbonyl (C=O) groups is 1. The topological polar surface area (TPSA) is 62.8 Å². The molecule has 1 aliphatic rings. The molecule has 3 rings (SSSR count). The quantitative estimate of drug-likeness (QED) is 0.741. The lowest BCUT2D eigenvalue weighted by Gasteiger charge is -2.37. The lowest BCUT2D eigenvalue weighted by Crippen LogP contribution is -2.50. The molecule has 2 N–H and O–H groups in total. The van der Waals surface area contributed by atoms with Crippen LogP contribution < -0.4 is 20.1 Å². The minimum atomic E-state index is -0.0492. The maximum absolute atomic E-state index is 12.9. The zero-order chi connectivity index (χ0) is 18.4. The standard InChI is InChI=1S/C20H25N3O3.2ClH/c1-25-18-9-5-3-7-15(18)17-13-21-11-12-23(17)20(24)14-22-16-8-4-6-10-19(16)26-2;;/h3-10,17,21-22H,11-14H2,1-2H3;2*1H. The van der Waals surface area contributed by atoms with Gasteiger partial charge in [-0.2, -0.15) is 0 Å². The van der Waals surface area contributed by atoms with Crippen LogP contribution in [0.15, 0.2) is 48.5 Å². The number of nitrogens with zero attached hydrogens (tertiary/aromatic N) is 1. The van der Waals surface area contributed by atoms with Crippen LogP contribution in [-0.2, 0) is 4.79 Å². The maximum atomic E-state index is 12.9. The van der Waals surface area contributed by atoms with Gasteiger partial charge in [0, 0.05) is 25.2 Å². The molecule has 1 atom stereocenters. The third kappa shape index (κ3) is 5.44. The van der Waals surface area contributed by atoms with Crippen molar-refractivity contribution in [2.45, 2.75) is 6.04 Å². The van der Waals surface area contributed by atoms with Crippen molar-refractivity contribution >= 4 is 36.4 Å². The summed E-state index contributed by atoms with van der Waals surface area (Å²) in [5, 5.41) is 6.57. The van der Waals surface area contributed by atoms with E-state index in [4.69, 9.17) is 9.47 Å².